The number of hydrogen-bond acceptors (Lipinski definition) is 3. The lowest BCUT2D eigenvalue weighted by Crippen LogP contribution is -2.38. The summed E-state index contributed by atoms with van der Waals surface area (Å²) in [5.41, 5.74) is 1.76. The molecule has 0 fully saturated rings. The van der Waals surface area contributed by atoms with Crippen LogP contribution in [0.3, 0.4) is 0 Å². The van der Waals surface area contributed by atoms with Gasteiger partial charge in [0.2, 0.25) is 0 Å². The number of nitrogens with zero attached hydrogens (tertiary/aromatic N) is 1. The summed E-state index contributed by atoms with van der Waals surface area (Å²) >= 11 is 0. The maximum atomic E-state index is 12.4. The highest BCUT2D eigenvalue weighted by Crippen LogP contribution is 2.10. The Bertz CT molecular complexity index is 437. The van der Waals surface area contributed by atoms with Gasteiger partial charge in [0.15, 0.2) is 0 Å². The van der Waals surface area contributed by atoms with Gasteiger partial charge in [0.05, 0.1) is 13.5 Å². The van der Waals surface area contributed by atoms with Gasteiger partial charge in [-0.3, -0.25) is 9.59 Å². The molecule has 0 bridgehead atoms. The summed E-state index contributed by atoms with van der Waals surface area (Å²) in [6.07, 6.45) is 0.215. The molecule has 1 rings (SSSR count). The van der Waals surface area contributed by atoms with E-state index in [2.05, 4.69) is 4.74 Å². The normalized spacial score (nSPS) is 10.4. The molecule has 104 valence electrons. The molecule has 0 saturated carbocycles. The average Bonchev–Trinajstić information content (AvgIpc) is 2.38. The van der Waals surface area contributed by atoms with Crippen molar-refractivity contribution in [1.82, 2.24) is 4.90 Å². The molecule has 0 heterocycles. The third kappa shape index (κ3) is 4.39. The standard InChI is InChI=1S/C15H21NO3/c1-11(2)16(10-9-14(17)19-4)15(18)13-7-5-12(3)6-8-13/h5-8,11H,9-10H2,1-4H3. The lowest BCUT2D eigenvalue weighted by molar-refractivity contribution is -0.140. The van der Waals surface area contributed by atoms with Crippen LogP contribution in [0.5, 0.6) is 0 Å². The summed E-state index contributed by atoms with van der Waals surface area (Å²) in [4.78, 5) is 25.2. The zero-order chi connectivity index (χ0) is 14.4. The van der Waals surface area contributed by atoms with E-state index in [-0.39, 0.29) is 24.3 Å². The van der Waals surface area contributed by atoms with E-state index in [1.54, 1.807) is 4.90 Å². The van der Waals surface area contributed by atoms with Gasteiger partial charge in [-0.05, 0) is 32.9 Å². The molecule has 0 atom stereocenters. The minimum absolute atomic E-state index is 0.0402. The van der Waals surface area contributed by atoms with Crippen LogP contribution in [-0.4, -0.2) is 36.5 Å². The third-order valence-corrected chi connectivity index (χ3v) is 2.97. The highest BCUT2D eigenvalue weighted by atomic mass is 16.5. The van der Waals surface area contributed by atoms with Gasteiger partial charge in [-0.15, -0.1) is 0 Å². The van der Waals surface area contributed by atoms with Crippen LogP contribution in [0.1, 0.15) is 36.2 Å². The number of hydrogen-bond donors (Lipinski definition) is 0. The SMILES string of the molecule is COC(=O)CCN(C(=O)c1ccc(C)cc1)C(C)C. The predicted molar refractivity (Wildman–Crippen MR) is 74.0 cm³/mol. The zero-order valence-corrected chi connectivity index (χ0v) is 12.0. The first-order valence-corrected chi connectivity index (χ1v) is 6.40. The number of rotatable bonds is 5. The smallest absolute Gasteiger partial charge is 0.307 e. The first-order valence-electron chi connectivity index (χ1n) is 6.40. The molecule has 0 aliphatic carbocycles. The molecular weight excluding hydrogens is 242 g/mol. The highest BCUT2D eigenvalue weighted by Gasteiger charge is 2.19. The van der Waals surface area contributed by atoms with Crippen molar-refractivity contribution in [3.05, 3.63) is 35.4 Å². The van der Waals surface area contributed by atoms with Gasteiger partial charge in [0, 0.05) is 18.2 Å². The zero-order valence-electron chi connectivity index (χ0n) is 12.0. The average molecular weight is 263 g/mol. The molecule has 1 aromatic carbocycles. The molecule has 4 heteroatoms. The number of benzene rings is 1. The fourth-order valence-electron chi connectivity index (χ4n) is 1.77. The van der Waals surface area contributed by atoms with Crippen molar-refractivity contribution in [2.45, 2.75) is 33.2 Å². The molecular formula is C15H21NO3. The van der Waals surface area contributed by atoms with Crippen molar-refractivity contribution in [1.29, 1.82) is 0 Å². The quantitative estimate of drug-likeness (QED) is 0.766. The Balaban J connectivity index is 2.78. The van der Waals surface area contributed by atoms with E-state index >= 15 is 0 Å². The van der Waals surface area contributed by atoms with Crippen molar-refractivity contribution >= 4 is 11.9 Å². The molecule has 0 N–H and O–H groups in total. The third-order valence-electron chi connectivity index (χ3n) is 2.97. The molecule has 4 nitrogen and oxygen atoms in total. The summed E-state index contributed by atoms with van der Waals surface area (Å²) < 4.78 is 4.60. The maximum Gasteiger partial charge on any atom is 0.307 e. The fraction of sp³-hybridized carbons (Fsp3) is 0.467. The largest absolute Gasteiger partial charge is 0.469 e. The van der Waals surface area contributed by atoms with Crippen LogP contribution in [0.2, 0.25) is 0 Å². The Hall–Kier alpha value is -1.84. The van der Waals surface area contributed by atoms with E-state index in [9.17, 15) is 9.59 Å². The minimum Gasteiger partial charge on any atom is -0.469 e. The molecule has 19 heavy (non-hydrogen) atoms. The summed E-state index contributed by atoms with van der Waals surface area (Å²) in [6, 6.07) is 7.48. The van der Waals surface area contributed by atoms with Crippen molar-refractivity contribution in [3.63, 3.8) is 0 Å². The van der Waals surface area contributed by atoms with E-state index in [4.69, 9.17) is 0 Å². The van der Waals surface area contributed by atoms with Gasteiger partial charge in [-0.1, -0.05) is 17.7 Å². The summed E-state index contributed by atoms with van der Waals surface area (Å²) in [5.74, 6) is -0.360. The molecule has 1 aromatic rings. The Morgan fingerprint density at radius 2 is 1.79 bits per heavy atom. The Morgan fingerprint density at radius 1 is 1.21 bits per heavy atom. The second-order valence-electron chi connectivity index (χ2n) is 4.78. The summed E-state index contributed by atoms with van der Waals surface area (Å²) in [7, 11) is 1.35. The number of amides is 1. The first kappa shape index (κ1) is 15.2. The maximum absolute atomic E-state index is 12.4. The lowest BCUT2D eigenvalue weighted by atomic mass is 10.1. The monoisotopic (exact) mass is 263 g/mol. The Morgan fingerprint density at radius 3 is 2.26 bits per heavy atom. The van der Waals surface area contributed by atoms with Crippen LogP contribution in [-0.2, 0) is 9.53 Å². The highest BCUT2D eigenvalue weighted by molar-refractivity contribution is 5.94. The molecule has 0 radical (unpaired) electrons. The molecule has 0 aromatic heterocycles. The van der Waals surface area contributed by atoms with Gasteiger partial charge in [-0.2, -0.15) is 0 Å². The van der Waals surface area contributed by atoms with E-state index in [1.165, 1.54) is 7.11 Å². The van der Waals surface area contributed by atoms with Gasteiger partial charge in [-0.25, -0.2) is 0 Å². The summed E-state index contributed by atoms with van der Waals surface area (Å²) in [5, 5.41) is 0. The van der Waals surface area contributed by atoms with E-state index < -0.39 is 0 Å². The Kier molecular flexibility index (Phi) is 5.55. The number of carbonyl (C=O) groups is 2. The van der Waals surface area contributed by atoms with Crippen LogP contribution >= 0.6 is 0 Å². The van der Waals surface area contributed by atoms with Gasteiger partial charge in [0.1, 0.15) is 0 Å². The van der Waals surface area contributed by atoms with Crippen molar-refractivity contribution < 1.29 is 14.3 Å². The second kappa shape index (κ2) is 6.92. The van der Waals surface area contributed by atoms with E-state index in [0.29, 0.717) is 12.1 Å². The second-order valence-corrected chi connectivity index (χ2v) is 4.78. The molecule has 0 spiro atoms. The minimum atomic E-state index is -0.303. The molecule has 0 unspecified atom stereocenters. The van der Waals surface area contributed by atoms with Crippen LogP contribution in [0.15, 0.2) is 24.3 Å². The van der Waals surface area contributed by atoms with E-state index in [0.717, 1.165) is 5.56 Å². The molecule has 0 saturated heterocycles. The van der Waals surface area contributed by atoms with Gasteiger partial charge in [0.25, 0.3) is 5.91 Å². The van der Waals surface area contributed by atoms with Crippen molar-refractivity contribution in [2.24, 2.45) is 0 Å². The lowest BCUT2D eigenvalue weighted by Gasteiger charge is -2.26. The first-order chi connectivity index (χ1) is 8.95. The van der Waals surface area contributed by atoms with Crippen molar-refractivity contribution in [2.75, 3.05) is 13.7 Å². The van der Waals surface area contributed by atoms with E-state index in [1.807, 2.05) is 45.0 Å². The number of methoxy groups -OCH3 is 1. The van der Waals surface area contributed by atoms with Gasteiger partial charge < -0.3 is 9.64 Å². The topological polar surface area (TPSA) is 46.6 Å². The molecule has 1 amide bonds. The Labute approximate surface area is 114 Å². The number of esters is 1. The number of ether oxygens (including phenoxy) is 1. The predicted octanol–water partition coefficient (Wildman–Crippen LogP) is 2.41. The number of aryl methyl sites for hydroxylation is 1. The van der Waals surface area contributed by atoms with Crippen LogP contribution in [0, 0.1) is 6.92 Å². The van der Waals surface area contributed by atoms with Crippen LogP contribution in [0.4, 0.5) is 0 Å². The van der Waals surface area contributed by atoms with Gasteiger partial charge >= 0.3 is 5.97 Å². The van der Waals surface area contributed by atoms with Crippen LogP contribution in [0.25, 0.3) is 0 Å². The van der Waals surface area contributed by atoms with Crippen LogP contribution < -0.4 is 0 Å². The molecule has 0 aliphatic heterocycles. The van der Waals surface area contributed by atoms with Crippen molar-refractivity contribution in [3.8, 4) is 0 Å². The fourth-order valence-corrected chi connectivity index (χ4v) is 1.77. The number of carbonyl (C=O) groups excluding carboxylic acids is 2. The summed E-state index contributed by atoms with van der Waals surface area (Å²) in [6.45, 7) is 6.22. The molecule has 0 aliphatic rings.